The minimum Gasteiger partial charge on any atom is -1.00 e. The maximum absolute atomic E-state index is 3.67. The Hall–Kier alpha value is 0.00247. The Labute approximate surface area is 333 Å². The molecule has 0 aliphatic heterocycles. The molecule has 0 bridgehead atoms. The van der Waals surface area contributed by atoms with Crippen molar-refractivity contribution in [2.24, 2.45) is 5.92 Å². The summed E-state index contributed by atoms with van der Waals surface area (Å²) in [6, 6.07) is 9.37. The Bertz CT molecular complexity index is 1060. The molecule has 8 heteroatoms. The van der Waals surface area contributed by atoms with Crippen molar-refractivity contribution in [2.45, 2.75) is 153 Å². The molecule has 46 heavy (non-hydrogen) atoms. The molecule has 0 radical (unpaired) electrons. The Morgan fingerprint density at radius 3 is 1.54 bits per heavy atom. The molecular weight excluding hydrogens is 721 g/mol. The Balaban J connectivity index is 0.000000423. The molecule has 1 aromatic rings. The topological polar surface area (TPSA) is 55.9 Å². The van der Waals surface area contributed by atoms with Crippen LogP contribution >= 0.6 is 0 Å². The third-order valence-electron chi connectivity index (χ3n) is 10.2. The van der Waals surface area contributed by atoms with E-state index in [2.05, 4.69) is 81.3 Å². The quantitative estimate of drug-likeness (QED) is 0.117. The molecule has 1 aromatic carbocycles. The molecule has 4 fully saturated rings. The molecule has 4 N–H and O–H groups in total. The van der Waals surface area contributed by atoms with Gasteiger partial charge in [0.1, 0.15) is 30.6 Å². The van der Waals surface area contributed by atoms with Crippen molar-refractivity contribution in [3.8, 4) is 0 Å². The largest absolute Gasteiger partial charge is 2.00 e. The van der Waals surface area contributed by atoms with Gasteiger partial charge in [0, 0.05) is 56.9 Å². The van der Waals surface area contributed by atoms with Crippen molar-refractivity contribution in [3.63, 3.8) is 0 Å². The normalized spacial score (nSPS) is 23.4. The smallest absolute Gasteiger partial charge is 1.00 e. The molecule has 5 aliphatic rings. The first-order valence-corrected chi connectivity index (χ1v) is 17.8. The van der Waals surface area contributed by atoms with E-state index in [0.29, 0.717) is 30.1 Å². The van der Waals surface area contributed by atoms with Crippen LogP contribution in [0.15, 0.2) is 42.0 Å². The predicted molar refractivity (Wildman–Crippen MR) is 188 cm³/mol. The van der Waals surface area contributed by atoms with Crippen LogP contribution in [-0.2, 0) is 0 Å². The summed E-state index contributed by atoms with van der Waals surface area (Å²) in [4.78, 5) is 14.6. The zero-order chi connectivity index (χ0) is 28.7. The van der Waals surface area contributed by atoms with Gasteiger partial charge in [0.25, 0.3) is 0 Å². The van der Waals surface area contributed by atoms with Crippen LogP contribution in [0, 0.1) is 5.92 Å². The van der Waals surface area contributed by atoms with Gasteiger partial charge in [0.15, 0.2) is 12.3 Å². The van der Waals surface area contributed by atoms with Crippen LogP contribution < -0.4 is 53.9 Å². The zero-order valence-electron chi connectivity index (χ0n) is 28.5. The second kappa shape index (κ2) is 25.9. The molecule has 6 rings (SSSR count). The van der Waals surface area contributed by atoms with Gasteiger partial charge in [-0.2, -0.15) is 12.1 Å². The molecule has 244 valence electrons. The molecule has 0 aromatic heterocycles. The van der Waals surface area contributed by atoms with Gasteiger partial charge < -0.3 is 34.0 Å². The average molecular weight is 780 g/mol. The minimum absolute atomic E-state index is 0. The summed E-state index contributed by atoms with van der Waals surface area (Å²) in [6.07, 6.45) is 43.2. The van der Waals surface area contributed by atoms with Crippen LogP contribution in [0.2, 0.25) is 0 Å². The van der Waals surface area contributed by atoms with Gasteiger partial charge >= 0.3 is 46.1 Å². The van der Waals surface area contributed by atoms with Gasteiger partial charge in [-0.05, 0) is 56.9 Å². The number of rotatable bonds is 8. The van der Waals surface area contributed by atoms with Gasteiger partial charge in [-0.15, -0.1) is 6.07 Å². The zero-order valence-corrected chi connectivity index (χ0v) is 34.5. The molecule has 0 amide bonds. The van der Waals surface area contributed by atoms with E-state index in [4.69, 9.17) is 0 Å². The second-order valence-electron chi connectivity index (χ2n) is 13.6. The SMILES string of the molecule is C(=[NH+]C1CCCCC1)c1ccc[c-]1C=[NH+]C1CCCCC1.C1=CC(C=[NH+]C2CCCCC2)C(C=[NH+]C2CCCCC2)=C1.[Br-].[Br-].[Mg+2].[Mg+2]. The molecule has 4 saturated carbocycles. The van der Waals surface area contributed by atoms with Crippen LogP contribution in [0.1, 0.15) is 140 Å². The fourth-order valence-corrected chi connectivity index (χ4v) is 7.46. The van der Waals surface area contributed by atoms with Gasteiger partial charge in [-0.3, -0.25) is 9.98 Å². The van der Waals surface area contributed by atoms with E-state index in [1.54, 1.807) is 0 Å². The number of hydrogen-bond acceptors (Lipinski definition) is 0. The molecule has 0 spiro atoms. The fraction of sp³-hybridized carbons (Fsp3) is 0.658. The first-order valence-electron chi connectivity index (χ1n) is 17.8. The molecule has 4 nitrogen and oxygen atoms in total. The minimum atomic E-state index is 0. The van der Waals surface area contributed by atoms with Crippen molar-refractivity contribution in [1.82, 2.24) is 0 Å². The van der Waals surface area contributed by atoms with E-state index in [1.807, 2.05) is 0 Å². The summed E-state index contributed by atoms with van der Waals surface area (Å²) in [5.74, 6) is 0.447. The monoisotopic (exact) mass is 777 g/mol. The Morgan fingerprint density at radius 1 is 0.565 bits per heavy atom. The molecule has 0 saturated heterocycles. The van der Waals surface area contributed by atoms with E-state index in [1.165, 1.54) is 145 Å². The first-order chi connectivity index (χ1) is 20.8. The number of allylic oxidation sites excluding steroid dienone is 4. The summed E-state index contributed by atoms with van der Waals surface area (Å²) in [6.45, 7) is 0. The summed E-state index contributed by atoms with van der Waals surface area (Å²) < 4.78 is 0. The van der Waals surface area contributed by atoms with E-state index >= 15 is 0 Å². The standard InChI is InChI=1S/C19H28N2.C19H27N2.2BrH.2Mg/c2*1-3-10-18(11-4-1)20-14-16-8-7-9-17(16)15-21-19-12-5-2-6-13-19;;;;/h7-9,14-16,18-19H,1-6,10-13H2;7-9,14-15,18-19H,1-6,10-13H2;2*1H;;/q;-1;;;2*+2/p+2. The summed E-state index contributed by atoms with van der Waals surface area (Å²) >= 11 is 0. The van der Waals surface area contributed by atoms with Crippen LogP contribution in [0.3, 0.4) is 0 Å². The van der Waals surface area contributed by atoms with E-state index in [9.17, 15) is 0 Å². The number of halogens is 2. The summed E-state index contributed by atoms with van der Waals surface area (Å²) in [7, 11) is 0. The van der Waals surface area contributed by atoms with Gasteiger partial charge in [-0.25, -0.2) is 9.98 Å². The average Bonchev–Trinajstić information content (AvgIpc) is 3.72. The second-order valence-corrected chi connectivity index (χ2v) is 13.6. The van der Waals surface area contributed by atoms with Crippen molar-refractivity contribution in [2.75, 3.05) is 0 Å². The number of hydrogen-bond donors (Lipinski definition) is 4. The predicted octanol–water partition coefficient (Wildman–Crippen LogP) is -4.62. The van der Waals surface area contributed by atoms with Crippen molar-refractivity contribution < 1.29 is 53.9 Å². The maximum Gasteiger partial charge on any atom is 2.00 e. The van der Waals surface area contributed by atoms with Gasteiger partial charge in [0.05, 0.1) is 12.1 Å². The summed E-state index contributed by atoms with van der Waals surface area (Å²) in [5.41, 5.74) is 4.05. The van der Waals surface area contributed by atoms with Gasteiger partial charge in [-0.1, -0.05) is 49.5 Å². The van der Waals surface area contributed by atoms with Crippen LogP contribution in [0.5, 0.6) is 0 Å². The summed E-state index contributed by atoms with van der Waals surface area (Å²) in [5, 5.41) is 0. The molecule has 1 unspecified atom stereocenters. The number of nitrogens with one attached hydrogen (secondary N) is 4. The maximum atomic E-state index is 3.67. The fourth-order valence-electron chi connectivity index (χ4n) is 7.46. The third-order valence-corrected chi connectivity index (χ3v) is 10.2. The van der Waals surface area contributed by atoms with E-state index in [-0.39, 0.29) is 80.1 Å². The van der Waals surface area contributed by atoms with Crippen LogP contribution in [0.4, 0.5) is 0 Å². The first kappa shape index (κ1) is 44.0. The Kier molecular flexibility index (Phi) is 24.8. The van der Waals surface area contributed by atoms with Crippen LogP contribution in [0.25, 0.3) is 0 Å². The van der Waals surface area contributed by atoms with Crippen molar-refractivity contribution in [1.29, 1.82) is 0 Å². The van der Waals surface area contributed by atoms with Crippen molar-refractivity contribution >= 4 is 71.0 Å². The Morgan fingerprint density at radius 2 is 1.02 bits per heavy atom. The van der Waals surface area contributed by atoms with Crippen LogP contribution in [-0.4, -0.2) is 95.1 Å². The van der Waals surface area contributed by atoms with Crippen molar-refractivity contribution in [3.05, 3.63) is 53.1 Å². The molecular formula is C38H59Br2Mg2N4+5. The third kappa shape index (κ3) is 15.7. The molecule has 5 aliphatic carbocycles. The van der Waals surface area contributed by atoms with E-state index in [0.717, 1.165) is 0 Å². The molecule has 1 atom stereocenters. The molecule has 0 heterocycles. The van der Waals surface area contributed by atoms with Gasteiger partial charge in [0.2, 0.25) is 0 Å². The van der Waals surface area contributed by atoms with E-state index < -0.39 is 0 Å².